The molecule has 122 heavy (non-hydrogen) atoms. The highest BCUT2D eigenvalue weighted by Gasteiger charge is 2.34. The molecule has 14 heteroatoms. The molecule has 0 saturated carbocycles. The van der Waals surface area contributed by atoms with E-state index in [0.717, 1.165) is 156 Å². The summed E-state index contributed by atoms with van der Waals surface area (Å²) >= 11 is 1.83. The minimum Gasteiger partial charge on any atom is -0.455 e. The number of furan rings is 2. The van der Waals surface area contributed by atoms with Gasteiger partial charge >= 0.3 is 0 Å². The summed E-state index contributed by atoms with van der Waals surface area (Å²) in [5.74, 6) is 3.55. The SMILES string of the molecule is c1ccc(-c2nc(-c3ccccc3)nc(-c3cccc4c3oc3ccc(-n5c6ccccc6c6cc7c(cc65)N(c5ccccc5)c5ccccc5N7c5ccccc5)cc34)n2)cc1.c1ccc(-c2nc(-c3ccccc3)nc(-c3cccc4c3oc3ccc(-n5c6ccccc6c6cc7c(cc65)N(c5ccccc5)c5ccccc5S7)cc34)n2)cc1. The van der Waals surface area contributed by atoms with E-state index in [4.69, 9.17) is 38.7 Å². The molecule has 0 atom stereocenters. The van der Waals surface area contributed by atoms with E-state index in [1.807, 2.05) is 145 Å². The molecule has 0 saturated heterocycles. The van der Waals surface area contributed by atoms with Crippen LogP contribution >= 0.6 is 11.8 Å². The van der Waals surface area contributed by atoms with Gasteiger partial charge in [0.25, 0.3) is 0 Å². The van der Waals surface area contributed by atoms with Crippen LogP contribution < -0.4 is 14.7 Å². The highest BCUT2D eigenvalue weighted by Crippen LogP contribution is 2.58. The van der Waals surface area contributed by atoms with Gasteiger partial charge in [0.05, 0.1) is 67.3 Å². The number of hydrogen-bond acceptors (Lipinski definition) is 12. The van der Waals surface area contributed by atoms with E-state index in [-0.39, 0.29) is 0 Å². The van der Waals surface area contributed by atoms with Crippen LogP contribution in [0, 0.1) is 0 Å². The molecule has 0 unspecified atom stereocenters. The van der Waals surface area contributed by atoms with Crippen LogP contribution in [0.3, 0.4) is 0 Å². The lowest BCUT2D eigenvalue weighted by Crippen LogP contribution is -2.24. The van der Waals surface area contributed by atoms with Crippen LogP contribution in [0.5, 0.6) is 0 Å². The van der Waals surface area contributed by atoms with Crippen molar-refractivity contribution in [2.45, 2.75) is 9.79 Å². The zero-order valence-corrected chi connectivity index (χ0v) is 66.1. The van der Waals surface area contributed by atoms with Crippen LogP contribution in [0.2, 0.25) is 0 Å². The number of hydrogen-bond donors (Lipinski definition) is 0. The average Bonchev–Trinajstić information content (AvgIpc) is 1.72. The van der Waals surface area contributed by atoms with E-state index >= 15 is 0 Å². The third-order valence-corrected chi connectivity index (χ3v) is 24.4. The Morgan fingerprint density at radius 2 is 0.533 bits per heavy atom. The third-order valence-electron chi connectivity index (χ3n) is 23.3. The Morgan fingerprint density at radius 1 is 0.197 bits per heavy atom. The number of benzene rings is 17. The van der Waals surface area contributed by atoms with Crippen molar-refractivity contribution in [2.24, 2.45) is 0 Å². The first-order valence-corrected chi connectivity index (χ1v) is 41.5. The van der Waals surface area contributed by atoms with Gasteiger partial charge < -0.3 is 32.7 Å². The predicted octanol–water partition coefficient (Wildman–Crippen LogP) is 28.9. The lowest BCUT2D eigenvalue weighted by molar-refractivity contribution is 0.669. The van der Waals surface area contributed by atoms with E-state index in [2.05, 4.69) is 297 Å². The molecule has 2 aliphatic heterocycles. The number of fused-ring (bicyclic) bond motifs is 16. The van der Waals surface area contributed by atoms with E-state index in [9.17, 15) is 0 Å². The van der Waals surface area contributed by atoms with Gasteiger partial charge in [-0.1, -0.05) is 273 Å². The number of anilines is 9. The Labute approximate surface area is 704 Å². The molecule has 25 rings (SSSR count). The molecular weight excluding hydrogens is 1520 g/mol. The van der Waals surface area contributed by atoms with Crippen molar-refractivity contribution >= 4 is 150 Å². The molecule has 0 radical (unpaired) electrons. The largest absolute Gasteiger partial charge is 0.455 e. The van der Waals surface area contributed by atoms with Gasteiger partial charge in [-0.3, -0.25) is 0 Å². The Hall–Kier alpha value is -16.3. The first-order valence-electron chi connectivity index (χ1n) is 40.7. The van der Waals surface area contributed by atoms with Crippen molar-refractivity contribution in [1.29, 1.82) is 0 Å². The molecule has 8 heterocycles. The lowest BCUT2D eigenvalue weighted by atomic mass is 10.0. The average molecular weight is 1580 g/mol. The summed E-state index contributed by atoms with van der Waals surface area (Å²) in [5.41, 5.74) is 25.1. The van der Waals surface area contributed by atoms with Crippen molar-refractivity contribution < 1.29 is 8.83 Å². The molecule has 17 aromatic carbocycles. The highest BCUT2D eigenvalue weighted by molar-refractivity contribution is 7.99. The van der Waals surface area contributed by atoms with Crippen LogP contribution in [0.25, 0.3) is 167 Å². The topological polar surface area (TPSA) is 123 Å². The van der Waals surface area contributed by atoms with Gasteiger partial charge in [-0.25, -0.2) is 29.9 Å². The molecular formula is C108H67N11O2S. The minimum atomic E-state index is 0.554. The molecule has 0 aliphatic carbocycles. The summed E-state index contributed by atoms with van der Waals surface area (Å²) in [4.78, 5) is 39.7. The molecule has 0 N–H and O–H groups in total. The smallest absolute Gasteiger partial charge is 0.167 e. The van der Waals surface area contributed by atoms with E-state index in [1.54, 1.807) is 0 Å². The maximum Gasteiger partial charge on any atom is 0.167 e. The summed E-state index contributed by atoms with van der Waals surface area (Å²) in [6.45, 7) is 0. The van der Waals surface area contributed by atoms with Gasteiger partial charge in [-0.15, -0.1) is 0 Å². The number of aromatic nitrogens is 8. The second kappa shape index (κ2) is 28.8. The van der Waals surface area contributed by atoms with Gasteiger partial charge in [0.15, 0.2) is 34.9 Å². The third kappa shape index (κ3) is 11.7. The quantitative estimate of drug-likeness (QED) is 0.122. The van der Waals surface area contributed by atoms with Crippen LogP contribution in [-0.2, 0) is 0 Å². The standard InChI is InChI=1S/C57H36N6O.C51H31N5OS/c1-5-18-37(19-6-1)55-58-56(38-20-7-2-8-21-38)60-57(59-55)44-28-17-27-43-46-34-41(32-33-53(46)64-54(43)44)63-47-29-14-13-26-42(47)45-35-51-52(36-50(45)63)62(40-24-11-4-12-25-40)49-31-16-15-30-48(49)61(51)39-22-9-3-10-23-39;1-4-15-32(16-5-1)49-52-50(33-17-6-2-7-18-33)54-51(53-49)38-23-14-22-37-40-29-35(27-28-45(40)57-48(37)38)56-41-24-11-10-21-36(41)39-30-47-44(31-43(39)56)55(34-19-8-3-9-20-34)42-25-12-13-26-46(42)58-47/h1-36H;1-31H. The molecule has 0 fully saturated rings. The van der Waals surface area contributed by atoms with Crippen LogP contribution in [0.4, 0.5) is 51.2 Å². The predicted molar refractivity (Wildman–Crippen MR) is 497 cm³/mol. The molecule has 0 amide bonds. The molecule has 13 nitrogen and oxygen atoms in total. The zero-order chi connectivity index (χ0) is 80.3. The van der Waals surface area contributed by atoms with Crippen molar-refractivity contribution in [3.63, 3.8) is 0 Å². The van der Waals surface area contributed by atoms with Crippen LogP contribution in [-0.4, -0.2) is 39.0 Å². The lowest BCUT2D eigenvalue weighted by Gasteiger charge is -2.40. The van der Waals surface area contributed by atoms with Gasteiger partial charge in [-0.2, -0.15) is 0 Å². The molecule has 0 spiro atoms. The van der Waals surface area contributed by atoms with Gasteiger partial charge in [0.1, 0.15) is 22.3 Å². The summed E-state index contributed by atoms with van der Waals surface area (Å²) in [6.07, 6.45) is 0. The highest BCUT2D eigenvalue weighted by atomic mass is 32.2. The second-order valence-corrected chi connectivity index (χ2v) is 31.6. The van der Waals surface area contributed by atoms with E-state index < -0.39 is 0 Å². The van der Waals surface area contributed by atoms with Crippen molar-refractivity contribution in [3.8, 4) is 79.7 Å². The monoisotopic (exact) mass is 1580 g/mol. The Kier molecular flexibility index (Phi) is 16.5. The fourth-order valence-corrected chi connectivity index (χ4v) is 18.9. The first kappa shape index (κ1) is 70.0. The molecule has 23 aromatic rings. The van der Waals surface area contributed by atoms with Crippen molar-refractivity contribution in [3.05, 3.63) is 406 Å². The Balaban J connectivity index is 0.000000139. The number of para-hydroxylation sites is 10. The summed E-state index contributed by atoms with van der Waals surface area (Å²) in [5, 5.41) is 8.79. The fourth-order valence-electron chi connectivity index (χ4n) is 17.9. The first-order chi connectivity index (χ1) is 60.5. The number of nitrogens with zero attached hydrogens (tertiary/aromatic N) is 11. The minimum absolute atomic E-state index is 0.554. The Morgan fingerprint density at radius 3 is 0.967 bits per heavy atom. The maximum absolute atomic E-state index is 6.78. The molecule has 2 aliphatic rings. The fraction of sp³-hybridized carbons (Fsp3) is 0. The van der Waals surface area contributed by atoms with E-state index in [0.29, 0.717) is 34.9 Å². The zero-order valence-electron chi connectivity index (χ0n) is 65.3. The number of rotatable bonds is 11. The van der Waals surface area contributed by atoms with Gasteiger partial charge in [-0.05, 0) is 146 Å². The normalized spacial score (nSPS) is 12.3. The molecule has 0 bridgehead atoms. The molecule has 572 valence electrons. The van der Waals surface area contributed by atoms with Crippen molar-refractivity contribution in [1.82, 2.24) is 39.0 Å². The summed E-state index contributed by atoms with van der Waals surface area (Å²) in [7, 11) is 0. The second-order valence-electron chi connectivity index (χ2n) is 30.5. The van der Waals surface area contributed by atoms with E-state index in [1.165, 1.54) is 37.0 Å². The maximum atomic E-state index is 6.78. The van der Waals surface area contributed by atoms with Crippen LogP contribution in [0.15, 0.2) is 425 Å². The summed E-state index contributed by atoms with van der Waals surface area (Å²) < 4.78 is 18.3. The van der Waals surface area contributed by atoms with Crippen LogP contribution in [0.1, 0.15) is 0 Å². The molecule has 6 aromatic heterocycles. The van der Waals surface area contributed by atoms with Crippen molar-refractivity contribution in [2.75, 3.05) is 14.7 Å². The van der Waals surface area contributed by atoms with Gasteiger partial charge in [0.2, 0.25) is 0 Å². The van der Waals surface area contributed by atoms with Gasteiger partial charge in [0, 0.05) is 104 Å². The Bertz CT molecular complexity index is 7950. The summed E-state index contributed by atoms with van der Waals surface area (Å²) in [6, 6.07) is 142.